The van der Waals surface area contributed by atoms with E-state index in [4.69, 9.17) is 0 Å². The van der Waals surface area contributed by atoms with Crippen LogP contribution in [0, 0.1) is 0 Å². The van der Waals surface area contributed by atoms with Gasteiger partial charge in [0.05, 0.1) is 21.5 Å². The van der Waals surface area contributed by atoms with Crippen molar-refractivity contribution in [3.05, 3.63) is 41.0 Å². The molecule has 4 rings (SSSR count). The lowest BCUT2D eigenvalue weighted by Gasteiger charge is -2.29. The van der Waals surface area contributed by atoms with Crippen molar-refractivity contribution in [1.29, 1.82) is 0 Å². The molecule has 3 aromatic rings. The lowest BCUT2D eigenvalue weighted by Crippen LogP contribution is -2.43. The number of nitrogens with zero attached hydrogens (tertiary/aromatic N) is 4. The molecule has 1 aliphatic heterocycles. The molecule has 0 spiro atoms. The van der Waals surface area contributed by atoms with Gasteiger partial charge in [-0.25, -0.2) is 9.97 Å². The molecule has 0 radical (unpaired) electrons. The quantitative estimate of drug-likeness (QED) is 0.631. The second-order valence-electron chi connectivity index (χ2n) is 7.69. The standard InChI is InChI=1S/C22H28N6OS/c1-4-5-16-17-12-20(25-14-18(17)30-21(16)22(29)27(2)3)26-19-7-6-15(13-24-19)28-10-8-23-9-11-28/h6-7,12-14,23H,4-5,8-11H2,1-3H3,(H,24,25,26). The van der Waals surface area contributed by atoms with E-state index in [1.165, 1.54) is 11.3 Å². The molecule has 0 saturated carbocycles. The molecule has 3 aromatic heterocycles. The molecule has 1 fully saturated rings. The van der Waals surface area contributed by atoms with Gasteiger partial charge in [0.25, 0.3) is 5.91 Å². The Balaban J connectivity index is 1.58. The second-order valence-corrected chi connectivity index (χ2v) is 8.74. The number of thiophene rings is 1. The number of carbonyl (C=O) groups is 1. The van der Waals surface area contributed by atoms with Crippen LogP contribution in [0.15, 0.2) is 30.6 Å². The van der Waals surface area contributed by atoms with E-state index >= 15 is 0 Å². The van der Waals surface area contributed by atoms with Gasteiger partial charge in [-0.2, -0.15) is 0 Å². The monoisotopic (exact) mass is 424 g/mol. The van der Waals surface area contributed by atoms with Crippen molar-refractivity contribution in [1.82, 2.24) is 20.2 Å². The number of hydrogen-bond acceptors (Lipinski definition) is 7. The highest BCUT2D eigenvalue weighted by atomic mass is 32.1. The maximum absolute atomic E-state index is 12.6. The number of aromatic nitrogens is 2. The Kier molecular flexibility index (Phi) is 6.15. The lowest BCUT2D eigenvalue weighted by molar-refractivity contribution is 0.0831. The van der Waals surface area contributed by atoms with Crippen LogP contribution >= 0.6 is 11.3 Å². The summed E-state index contributed by atoms with van der Waals surface area (Å²) < 4.78 is 1.04. The van der Waals surface area contributed by atoms with Gasteiger partial charge < -0.3 is 20.4 Å². The van der Waals surface area contributed by atoms with Gasteiger partial charge in [0.2, 0.25) is 0 Å². The molecule has 4 heterocycles. The van der Waals surface area contributed by atoms with E-state index in [9.17, 15) is 4.79 Å². The largest absolute Gasteiger partial charge is 0.368 e. The molecular formula is C22H28N6OS. The summed E-state index contributed by atoms with van der Waals surface area (Å²) in [5, 5.41) is 7.78. The van der Waals surface area contributed by atoms with Crippen molar-refractivity contribution in [2.24, 2.45) is 0 Å². The van der Waals surface area contributed by atoms with Gasteiger partial charge in [-0.05, 0) is 30.2 Å². The molecule has 0 atom stereocenters. The fourth-order valence-electron chi connectivity index (χ4n) is 3.70. The predicted octanol–water partition coefficient (Wildman–Crippen LogP) is 3.50. The Morgan fingerprint density at radius 2 is 1.97 bits per heavy atom. The summed E-state index contributed by atoms with van der Waals surface area (Å²) in [5.41, 5.74) is 2.25. The molecule has 0 aliphatic carbocycles. The predicted molar refractivity (Wildman–Crippen MR) is 124 cm³/mol. The number of carbonyl (C=O) groups excluding carboxylic acids is 1. The zero-order chi connectivity index (χ0) is 21.1. The molecule has 30 heavy (non-hydrogen) atoms. The number of nitrogens with one attached hydrogen (secondary N) is 2. The van der Waals surface area contributed by atoms with E-state index in [2.05, 4.69) is 38.5 Å². The van der Waals surface area contributed by atoms with Gasteiger partial charge in [-0.1, -0.05) is 13.3 Å². The third-order valence-corrected chi connectivity index (χ3v) is 6.44. The van der Waals surface area contributed by atoms with Gasteiger partial charge in [0.15, 0.2) is 0 Å². The van der Waals surface area contributed by atoms with Crippen LogP contribution < -0.4 is 15.5 Å². The first-order valence-corrected chi connectivity index (χ1v) is 11.2. The summed E-state index contributed by atoms with van der Waals surface area (Å²) in [5.74, 6) is 1.56. The number of aryl methyl sites for hydroxylation is 1. The van der Waals surface area contributed by atoms with Crippen molar-refractivity contribution in [3.8, 4) is 0 Å². The Hall–Kier alpha value is -2.71. The van der Waals surface area contributed by atoms with Gasteiger partial charge >= 0.3 is 0 Å². The van der Waals surface area contributed by atoms with Crippen LogP contribution in [0.3, 0.4) is 0 Å². The molecule has 1 saturated heterocycles. The average molecular weight is 425 g/mol. The smallest absolute Gasteiger partial charge is 0.263 e. The Morgan fingerprint density at radius 3 is 2.63 bits per heavy atom. The fraction of sp³-hybridized carbons (Fsp3) is 0.409. The zero-order valence-electron chi connectivity index (χ0n) is 17.7. The van der Waals surface area contributed by atoms with Crippen LogP contribution in [-0.4, -0.2) is 61.0 Å². The van der Waals surface area contributed by atoms with E-state index < -0.39 is 0 Å². The number of hydrogen-bond donors (Lipinski definition) is 2. The Morgan fingerprint density at radius 1 is 1.20 bits per heavy atom. The van der Waals surface area contributed by atoms with Crippen LogP contribution in [0.25, 0.3) is 10.1 Å². The van der Waals surface area contributed by atoms with Crippen LogP contribution in [0.1, 0.15) is 28.6 Å². The maximum Gasteiger partial charge on any atom is 0.263 e. The molecule has 2 N–H and O–H groups in total. The van der Waals surface area contributed by atoms with Crippen LogP contribution in [0.5, 0.6) is 0 Å². The molecule has 0 unspecified atom stereocenters. The molecule has 1 amide bonds. The summed E-state index contributed by atoms with van der Waals surface area (Å²) in [4.78, 5) is 26.5. The van der Waals surface area contributed by atoms with E-state index in [0.717, 1.165) is 76.9 Å². The van der Waals surface area contributed by atoms with Crippen molar-refractivity contribution in [2.75, 3.05) is 50.5 Å². The first kappa shape index (κ1) is 20.6. The van der Waals surface area contributed by atoms with Crippen molar-refractivity contribution < 1.29 is 4.79 Å². The Bertz CT molecular complexity index is 1020. The summed E-state index contributed by atoms with van der Waals surface area (Å²) in [7, 11) is 3.59. The zero-order valence-corrected chi connectivity index (χ0v) is 18.6. The third-order valence-electron chi connectivity index (χ3n) is 5.27. The second kappa shape index (κ2) is 8.97. The number of anilines is 3. The minimum Gasteiger partial charge on any atom is -0.368 e. The average Bonchev–Trinajstić information content (AvgIpc) is 3.12. The SMILES string of the molecule is CCCc1c(C(=O)N(C)C)sc2cnc(Nc3ccc(N4CCNCC4)cn3)cc12. The first-order valence-electron chi connectivity index (χ1n) is 10.4. The first-order chi connectivity index (χ1) is 14.6. The van der Waals surface area contributed by atoms with Crippen molar-refractivity contribution >= 4 is 44.7 Å². The molecule has 1 aliphatic rings. The Labute approximate surface area is 181 Å². The summed E-state index contributed by atoms with van der Waals surface area (Å²) in [6, 6.07) is 6.13. The molecule has 0 bridgehead atoms. The maximum atomic E-state index is 12.6. The van der Waals surface area contributed by atoms with Crippen LogP contribution in [-0.2, 0) is 6.42 Å². The minimum atomic E-state index is 0.0549. The number of piperazine rings is 1. The summed E-state index contributed by atoms with van der Waals surface area (Å²) in [6.45, 7) is 6.14. The highest BCUT2D eigenvalue weighted by Gasteiger charge is 2.20. The van der Waals surface area contributed by atoms with Crippen molar-refractivity contribution in [3.63, 3.8) is 0 Å². The summed E-state index contributed by atoms with van der Waals surface area (Å²) >= 11 is 1.53. The number of rotatable bonds is 6. The van der Waals surface area contributed by atoms with Gasteiger partial charge in [-0.3, -0.25) is 4.79 Å². The van der Waals surface area contributed by atoms with E-state index in [1.54, 1.807) is 19.0 Å². The number of amides is 1. The molecule has 158 valence electrons. The van der Waals surface area contributed by atoms with Gasteiger partial charge in [0, 0.05) is 51.9 Å². The summed E-state index contributed by atoms with van der Waals surface area (Å²) in [6.07, 6.45) is 5.62. The normalized spacial score (nSPS) is 14.2. The van der Waals surface area contributed by atoms with Crippen molar-refractivity contribution in [2.45, 2.75) is 19.8 Å². The van der Waals surface area contributed by atoms with Crippen LogP contribution in [0.2, 0.25) is 0 Å². The van der Waals surface area contributed by atoms with Gasteiger partial charge in [-0.15, -0.1) is 11.3 Å². The lowest BCUT2D eigenvalue weighted by atomic mass is 10.1. The number of pyridine rings is 2. The molecule has 8 heteroatoms. The molecule has 7 nitrogen and oxygen atoms in total. The highest BCUT2D eigenvalue weighted by molar-refractivity contribution is 7.21. The van der Waals surface area contributed by atoms with Crippen LogP contribution in [0.4, 0.5) is 17.3 Å². The third kappa shape index (κ3) is 4.24. The van der Waals surface area contributed by atoms with E-state index in [-0.39, 0.29) is 5.91 Å². The van der Waals surface area contributed by atoms with Gasteiger partial charge in [0.1, 0.15) is 11.6 Å². The molecule has 0 aromatic carbocycles. The topological polar surface area (TPSA) is 73.4 Å². The molecular weight excluding hydrogens is 396 g/mol. The van der Waals surface area contributed by atoms with E-state index in [0.29, 0.717) is 0 Å². The highest BCUT2D eigenvalue weighted by Crippen LogP contribution is 2.34. The van der Waals surface area contributed by atoms with E-state index in [1.807, 2.05) is 24.5 Å². The number of fused-ring (bicyclic) bond motifs is 1. The minimum absolute atomic E-state index is 0.0549. The fourth-order valence-corrected chi connectivity index (χ4v) is 4.92.